The van der Waals surface area contributed by atoms with Crippen molar-refractivity contribution in [2.75, 3.05) is 26.2 Å². The van der Waals surface area contributed by atoms with Gasteiger partial charge in [0.05, 0.1) is 4.92 Å². The number of hydrogen-bond donors (Lipinski definition) is 1. The van der Waals surface area contributed by atoms with Crippen molar-refractivity contribution < 1.29 is 9.72 Å². The van der Waals surface area contributed by atoms with Crippen LogP contribution < -0.4 is 5.32 Å². The molecule has 6 heteroatoms. The van der Waals surface area contributed by atoms with Gasteiger partial charge in [0.25, 0.3) is 5.69 Å². The summed E-state index contributed by atoms with van der Waals surface area (Å²) in [6, 6.07) is 6.57. The highest BCUT2D eigenvalue weighted by atomic mass is 16.6. The van der Waals surface area contributed by atoms with Gasteiger partial charge in [-0.2, -0.15) is 0 Å². The van der Waals surface area contributed by atoms with Crippen molar-refractivity contribution in [1.29, 1.82) is 0 Å². The van der Waals surface area contributed by atoms with Crippen LogP contribution in [0, 0.1) is 22.0 Å². The topological polar surface area (TPSA) is 75.5 Å². The Labute approximate surface area is 136 Å². The van der Waals surface area contributed by atoms with Crippen molar-refractivity contribution in [2.24, 2.45) is 11.8 Å². The molecule has 2 aliphatic rings. The first kappa shape index (κ1) is 15.9. The van der Waals surface area contributed by atoms with Crippen molar-refractivity contribution in [3.63, 3.8) is 0 Å². The minimum absolute atomic E-state index is 0.0880. The Morgan fingerprint density at radius 3 is 2.61 bits per heavy atom. The van der Waals surface area contributed by atoms with E-state index in [-0.39, 0.29) is 11.6 Å². The third-order valence-electron chi connectivity index (χ3n) is 5.12. The molecular formula is C17H23N3O3. The van der Waals surface area contributed by atoms with Crippen LogP contribution in [0.5, 0.6) is 0 Å². The number of rotatable bonds is 4. The molecule has 2 heterocycles. The van der Waals surface area contributed by atoms with Crippen LogP contribution >= 0.6 is 0 Å². The Hall–Kier alpha value is -1.95. The highest BCUT2D eigenvalue weighted by Gasteiger charge is 2.31. The SMILES string of the molecule is O=C(CCc1cccc([N+](=O)[O-])c1)N1CC[C@@H]2CNC[C@@H]2CC1. The number of fused-ring (bicyclic) bond motifs is 1. The molecule has 2 saturated heterocycles. The zero-order chi connectivity index (χ0) is 16.2. The highest BCUT2D eigenvalue weighted by Crippen LogP contribution is 2.27. The number of nitrogens with zero attached hydrogens (tertiary/aromatic N) is 2. The highest BCUT2D eigenvalue weighted by molar-refractivity contribution is 5.76. The van der Waals surface area contributed by atoms with Gasteiger partial charge in [-0.1, -0.05) is 12.1 Å². The number of likely N-dealkylation sites (tertiary alicyclic amines) is 1. The van der Waals surface area contributed by atoms with Gasteiger partial charge in [0.2, 0.25) is 5.91 Å². The Morgan fingerprint density at radius 2 is 1.96 bits per heavy atom. The van der Waals surface area contributed by atoms with Gasteiger partial charge >= 0.3 is 0 Å². The third-order valence-corrected chi connectivity index (χ3v) is 5.12. The number of carbonyl (C=O) groups excluding carboxylic acids is 1. The van der Waals surface area contributed by atoms with Gasteiger partial charge in [0.1, 0.15) is 0 Å². The molecule has 1 amide bonds. The Morgan fingerprint density at radius 1 is 1.26 bits per heavy atom. The zero-order valence-corrected chi connectivity index (χ0v) is 13.2. The maximum Gasteiger partial charge on any atom is 0.269 e. The summed E-state index contributed by atoms with van der Waals surface area (Å²) in [6.45, 7) is 3.86. The van der Waals surface area contributed by atoms with Crippen molar-refractivity contribution in [3.8, 4) is 0 Å². The first-order valence-electron chi connectivity index (χ1n) is 8.35. The largest absolute Gasteiger partial charge is 0.343 e. The average molecular weight is 317 g/mol. The summed E-state index contributed by atoms with van der Waals surface area (Å²) in [7, 11) is 0. The summed E-state index contributed by atoms with van der Waals surface area (Å²) >= 11 is 0. The number of benzene rings is 1. The van der Waals surface area contributed by atoms with Gasteiger partial charge in [-0.25, -0.2) is 0 Å². The lowest BCUT2D eigenvalue weighted by Gasteiger charge is -2.21. The predicted molar refractivity (Wildman–Crippen MR) is 87.1 cm³/mol. The average Bonchev–Trinajstić information content (AvgIpc) is 2.91. The van der Waals surface area contributed by atoms with Gasteiger partial charge in [0.15, 0.2) is 0 Å². The zero-order valence-electron chi connectivity index (χ0n) is 13.2. The quantitative estimate of drug-likeness (QED) is 0.680. The first-order chi connectivity index (χ1) is 11.1. The van der Waals surface area contributed by atoms with Gasteiger partial charge in [-0.15, -0.1) is 0 Å². The number of carbonyl (C=O) groups is 1. The molecule has 2 fully saturated rings. The Bertz CT molecular complexity index is 576. The molecular weight excluding hydrogens is 294 g/mol. The molecule has 2 aliphatic heterocycles. The lowest BCUT2D eigenvalue weighted by Crippen LogP contribution is -2.32. The molecule has 0 unspecified atom stereocenters. The summed E-state index contributed by atoms with van der Waals surface area (Å²) < 4.78 is 0. The maximum absolute atomic E-state index is 12.4. The molecule has 0 spiro atoms. The molecule has 1 aromatic rings. The van der Waals surface area contributed by atoms with Crippen LogP contribution in [0.4, 0.5) is 5.69 Å². The van der Waals surface area contributed by atoms with Crippen LogP contribution in [0.25, 0.3) is 0 Å². The molecule has 124 valence electrons. The second-order valence-electron chi connectivity index (χ2n) is 6.56. The van der Waals surface area contributed by atoms with E-state index in [9.17, 15) is 14.9 Å². The number of hydrogen-bond acceptors (Lipinski definition) is 4. The Kier molecular flexibility index (Phi) is 4.91. The number of nitrogens with one attached hydrogen (secondary N) is 1. The van der Waals surface area contributed by atoms with E-state index in [0.717, 1.165) is 44.6 Å². The van der Waals surface area contributed by atoms with E-state index in [0.29, 0.717) is 24.7 Å². The number of nitro groups is 1. The molecule has 6 nitrogen and oxygen atoms in total. The monoisotopic (exact) mass is 317 g/mol. The molecule has 23 heavy (non-hydrogen) atoms. The number of nitro benzene ring substituents is 1. The Balaban J connectivity index is 1.53. The minimum atomic E-state index is -0.396. The van der Waals surface area contributed by atoms with Crippen LogP contribution in [-0.2, 0) is 11.2 Å². The van der Waals surface area contributed by atoms with Gasteiger partial charge < -0.3 is 10.2 Å². The number of aryl methyl sites for hydroxylation is 1. The van der Waals surface area contributed by atoms with Gasteiger partial charge in [-0.3, -0.25) is 14.9 Å². The smallest absolute Gasteiger partial charge is 0.269 e. The third kappa shape index (κ3) is 3.88. The van der Waals surface area contributed by atoms with Crippen molar-refractivity contribution in [2.45, 2.75) is 25.7 Å². The molecule has 0 radical (unpaired) electrons. The fraction of sp³-hybridized carbons (Fsp3) is 0.588. The van der Waals surface area contributed by atoms with E-state index >= 15 is 0 Å². The summed E-state index contributed by atoms with van der Waals surface area (Å²) in [5.74, 6) is 1.60. The second-order valence-corrected chi connectivity index (χ2v) is 6.56. The van der Waals surface area contributed by atoms with Crippen LogP contribution in [0.3, 0.4) is 0 Å². The first-order valence-corrected chi connectivity index (χ1v) is 8.35. The summed E-state index contributed by atoms with van der Waals surface area (Å²) in [5, 5.41) is 14.2. The number of amides is 1. The fourth-order valence-electron chi connectivity index (χ4n) is 3.70. The van der Waals surface area contributed by atoms with Crippen LogP contribution in [-0.4, -0.2) is 41.9 Å². The molecule has 2 atom stereocenters. The summed E-state index contributed by atoms with van der Waals surface area (Å²) in [5.41, 5.74) is 0.938. The number of non-ortho nitro benzene ring substituents is 1. The predicted octanol–water partition coefficient (Wildman–Crippen LogP) is 1.99. The molecule has 0 aromatic heterocycles. The molecule has 0 bridgehead atoms. The molecule has 1 N–H and O–H groups in total. The van der Waals surface area contributed by atoms with E-state index in [1.54, 1.807) is 12.1 Å². The van der Waals surface area contributed by atoms with Crippen LogP contribution in [0.15, 0.2) is 24.3 Å². The minimum Gasteiger partial charge on any atom is -0.343 e. The lowest BCUT2D eigenvalue weighted by atomic mass is 9.92. The van der Waals surface area contributed by atoms with Gasteiger partial charge in [-0.05, 0) is 49.8 Å². The van der Waals surface area contributed by atoms with Crippen molar-refractivity contribution >= 4 is 11.6 Å². The summed E-state index contributed by atoms with van der Waals surface area (Å²) in [4.78, 5) is 24.8. The second kappa shape index (κ2) is 7.08. The van der Waals surface area contributed by atoms with Crippen LogP contribution in [0.2, 0.25) is 0 Å². The lowest BCUT2D eigenvalue weighted by molar-refractivity contribution is -0.384. The summed E-state index contributed by atoms with van der Waals surface area (Å²) in [6.07, 6.45) is 3.15. The van der Waals surface area contributed by atoms with E-state index in [2.05, 4.69) is 5.32 Å². The van der Waals surface area contributed by atoms with Crippen molar-refractivity contribution in [3.05, 3.63) is 39.9 Å². The molecule has 0 aliphatic carbocycles. The van der Waals surface area contributed by atoms with E-state index < -0.39 is 4.92 Å². The van der Waals surface area contributed by atoms with Gasteiger partial charge in [0, 0.05) is 31.6 Å². The normalized spacial score (nSPS) is 24.1. The van der Waals surface area contributed by atoms with Crippen molar-refractivity contribution in [1.82, 2.24) is 10.2 Å². The van der Waals surface area contributed by atoms with E-state index in [4.69, 9.17) is 0 Å². The van der Waals surface area contributed by atoms with E-state index in [1.807, 2.05) is 11.0 Å². The molecule has 0 saturated carbocycles. The van der Waals surface area contributed by atoms with E-state index in [1.165, 1.54) is 6.07 Å². The standard InChI is InChI=1S/C17H23N3O3/c21-17(5-4-13-2-1-3-16(10-13)20(22)23)19-8-6-14-11-18-12-15(14)7-9-19/h1-3,10,14-15,18H,4-9,11-12H2/t14-,15+. The fourth-order valence-corrected chi connectivity index (χ4v) is 3.70. The molecule has 3 rings (SSSR count). The maximum atomic E-state index is 12.4. The molecule has 1 aromatic carbocycles. The van der Waals surface area contributed by atoms with Crippen LogP contribution in [0.1, 0.15) is 24.8 Å².